The fraction of sp³-hybridized carbons (Fsp3) is 0.150. The average molecular weight is 491 g/mol. The summed E-state index contributed by atoms with van der Waals surface area (Å²) in [6.07, 6.45) is 1.78. The summed E-state index contributed by atoms with van der Waals surface area (Å²) in [6, 6.07) is 12.7. The summed E-state index contributed by atoms with van der Waals surface area (Å²) >= 11 is 9.95. The van der Waals surface area contributed by atoms with E-state index < -0.39 is 0 Å². The molecule has 1 fully saturated rings. The fourth-order valence-corrected chi connectivity index (χ4v) is 4.64. The van der Waals surface area contributed by atoms with Crippen molar-refractivity contribution >= 4 is 62.1 Å². The van der Waals surface area contributed by atoms with E-state index in [0.717, 1.165) is 10.0 Å². The van der Waals surface area contributed by atoms with Crippen molar-refractivity contribution < 1.29 is 19.1 Å². The van der Waals surface area contributed by atoms with Crippen LogP contribution in [0.3, 0.4) is 0 Å². The van der Waals surface area contributed by atoms with E-state index in [1.807, 2.05) is 24.3 Å². The molecule has 2 aromatic rings. The molecule has 2 aliphatic heterocycles. The van der Waals surface area contributed by atoms with E-state index in [0.29, 0.717) is 39.4 Å². The van der Waals surface area contributed by atoms with E-state index in [-0.39, 0.29) is 18.6 Å². The number of thioether (sulfide) groups is 1. The number of nitrogens with zero attached hydrogens (tertiary/aromatic N) is 1. The highest BCUT2D eigenvalue weighted by atomic mass is 79.9. The predicted molar refractivity (Wildman–Crippen MR) is 119 cm³/mol. The van der Waals surface area contributed by atoms with E-state index in [4.69, 9.17) is 21.7 Å². The summed E-state index contributed by atoms with van der Waals surface area (Å²) in [5.74, 6) is 0.964. The Morgan fingerprint density at radius 1 is 1.24 bits per heavy atom. The van der Waals surface area contributed by atoms with Crippen molar-refractivity contribution in [2.75, 3.05) is 19.9 Å². The van der Waals surface area contributed by atoms with Gasteiger partial charge in [0.05, 0.1) is 10.5 Å². The molecule has 2 heterocycles. The Labute approximate surface area is 185 Å². The number of ether oxygens (including phenoxy) is 2. The molecule has 1 saturated heterocycles. The average Bonchev–Trinajstić information content (AvgIpc) is 3.27. The number of hydrogen-bond acceptors (Lipinski definition) is 6. The van der Waals surface area contributed by atoms with Crippen LogP contribution in [0.25, 0.3) is 6.08 Å². The van der Waals surface area contributed by atoms with E-state index in [9.17, 15) is 9.59 Å². The van der Waals surface area contributed by atoms with Gasteiger partial charge in [0, 0.05) is 17.6 Å². The van der Waals surface area contributed by atoms with Crippen LogP contribution in [0.15, 0.2) is 51.8 Å². The first-order valence-corrected chi connectivity index (χ1v) is 10.7. The molecule has 148 valence electrons. The van der Waals surface area contributed by atoms with Crippen LogP contribution in [0.2, 0.25) is 0 Å². The maximum atomic E-state index is 12.7. The summed E-state index contributed by atoms with van der Waals surface area (Å²) in [7, 11) is 0. The molecule has 0 aliphatic carbocycles. The van der Waals surface area contributed by atoms with Crippen LogP contribution in [0.5, 0.6) is 11.5 Å². The number of amides is 2. The Morgan fingerprint density at radius 2 is 2.03 bits per heavy atom. The minimum absolute atomic E-state index is 0.173. The number of rotatable bonds is 5. The number of thiocarbonyl (C=S) groups is 1. The summed E-state index contributed by atoms with van der Waals surface area (Å²) in [6.45, 7) is 0.801. The molecule has 9 heteroatoms. The Bertz CT molecular complexity index is 1040. The molecular formula is C20H15BrN2O4S2. The summed E-state index contributed by atoms with van der Waals surface area (Å²) in [5, 5.41) is 2.82. The van der Waals surface area contributed by atoms with E-state index in [1.54, 1.807) is 24.3 Å². The minimum atomic E-state index is -0.209. The van der Waals surface area contributed by atoms with Gasteiger partial charge in [0.1, 0.15) is 4.32 Å². The number of benzene rings is 2. The summed E-state index contributed by atoms with van der Waals surface area (Å²) in [4.78, 5) is 27.0. The van der Waals surface area contributed by atoms with Crippen LogP contribution in [-0.2, 0) is 4.79 Å². The third-order valence-electron chi connectivity index (χ3n) is 4.31. The van der Waals surface area contributed by atoms with Gasteiger partial charge in [0.25, 0.3) is 11.8 Å². The van der Waals surface area contributed by atoms with Gasteiger partial charge in [-0.25, -0.2) is 0 Å². The van der Waals surface area contributed by atoms with Gasteiger partial charge in [-0.3, -0.25) is 14.5 Å². The lowest BCUT2D eigenvalue weighted by Crippen LogP contribution is -2.37. The second-order valence-electron chi connectivity index (χ2n) is 6.18. The van der Waals surface area contributed by atoms with E-state index in [1.165, 1.54) is 16.7 Å². The number of carbonyl (C=O) groups excluding carboxylic acids is 2. The summed E-state index contributed by atoms with van der Waals surface area (Å²) < 4.78 is 11.9. The molecule has 0 radical (unpaired) electrons. The lowest BCUT2D eigenvalue weighted by molar-refractivity contribution is -0.122. The predicted octanol–water partition coefficient (Wildman–Crippen LogP) is 3.81. The van der Waals surface area contributed by atoms with Gasteiger partial charge in [-0.05, 0) is 51.8 Å². The highest BCUT2D eigenvalue weighted by molar-refractivity contribution is 9.10. The monoisotopic (exact) mass is 490 g/mol. The van der Waals surface area contributed by atoms with Crippen molar-refractivity contribution in [1.82, 2.24) is 10.2 Å². The first kappa shape index (κ1) is 19.9. The topological polar surface area (TPSA) is 67.9 Å². The van der Waals surface area contributed by atoms with Crippen molar-refractivity contribution in [3.63, 3.8) is 0 Å². The second kappa shape index (κ2) is 8.56. The molecule has 0 unspecified atom stereocenters. The first-order valence-electron chi connectivity index (χ1n) is 8.70. The largest absolute Gasteiger partial charge is 0.454 e. The van der Waals surface area contributed by atoms with Crippen molar-refractivity contribution in [2.24, 2.45) is 0 Å². The zero-order chi connectivity index (χ0) is 20.4. The minimum Gasteiger partial charge on any atom is -0.454 e. The molecule has 0 saturated carbocycles. The zero-order valence-electron chi connectivity index (χ0n) is 15.0. The lowest BCUT2D eigenvalue weighted by Gasteiger charge is -2.15. The SMILES string of the molecule is O=C(NCCN1C(=O)C(=Cc2ccc3c(c2)OCO3)SC1=S)c1ccccc1Br. The highest BCUT2D eigenvalue weighted by Gasteiger charge is 2.31. The van der Waals surface area contributed by atoms with Gasteiger partial charge in [0.15, 0.2) is 11.5 Å². The lowest BCUT2D eigenvalue weighted by atomic mass is 10.2. The molecule has 2 aromatic carbocycles. The maximum absolute atomic E-state index is 12.7. The normalized spacial score (nSPS) is 16.6. The van der Waals surface area contributed by atoms with Crippen molar-refractivity contribution in [3.05, 3.63) is 63.0 Å². The van der Waals surface area contributed by atoms with Crippen LogP contribution in [0.1, 0.15) is 15.9 Å². The Morgan fingerprint density at radius 3 is 2.86 bits per heavy atom. The standard InChI is InChI=1S/C20H15BrN2O4S2/c21-14-4-2-1-3-13(14)18(24)22-7-8-23-19(25)17(29-20(23)28)10-12-5-6-15-16(9-12)27-11-26-15/h1-6,9-10H,7-8,11H2,(H,22,24). The van der Waals surface area contributed by atoms with Crippen LogP contribution < -0.4 is 14.8 Å². The van der Waals surface area contributed by atoms with E-state index >= 15 is 0 Å². The molecule has 4 rings (SSSR count). The number of nitrogens with one attached hydrogen (secondary N) is 1. The molecule has 0 aromatic heterocycles. The fourth-order valence-electron chi connectivity index (χ4n) is 2.87. The van der Waals surface area contributed by atoms with Crippen LogP contribution in [-0.4, -0.2) is 40.9 Å². The van der Waals surface area contributed by atoms with Crippen LogP contribution >= 0.6 is 39.9 Å². The third kappa shape index (κ3) is 4.31. The first-order chi connectivity index (χ1) is 14.0. The number of fused-ring (bicyclic) bond motifs is 1. The van der Waals surface area contributed by atoms with Crippen molar-refractivity contribution in [1.29, 1.82) is 0 Å². The molecule has 0 atom stereocenters. The molecule has 6 nitrogen and oxygen atoms in total. The van der Waals surface area contributed by atoms with Gasteiger partial charge in [0.2, 0.25) is 6.79 Å². The van der Waals surface area contributed by atoms with Crippen molar-refractivity contribution in [3.8, 4) is 11.5 Å². The Kier molecular flexibility index (Phi) is 5.89. The second-order valence-corrected chi connectivity index (χ2v) is 8.71. The molecule has 0 bridgehead atoms. The van der Waals surface area contributed by atoms with Gasteiger partial charge < -0.3 is 14.8 Å². The Balaban J connectivity index is 1.38. The van der Waals surface area contributed by atoms with Gasteiger partial charge in [-0.2, -0.15) is 0 Å². The summed E-state index contributed by atoms with van der Waals surface area (Å²) in [5.41, 5.74) is 1.37. The molecule has 1 N–H and O–H groups in total. The number of halogens is 1. The van der Waals surface area contributed by atoms with Gasteiger partial charge in [-0.15, -0.1) is 0 Å². The molecular weight excluding hydrogens is 476 g/mol. The van der Waals surface area contributed by atoms with Crippen LogP contribution in [0, 0.1) is 0 Å². The van der Waals surface area contributed by atoms with E-state index in [2.05, 4.69) is 21.2 Å². The molecule has 0 spiro atoms. The van der Waals surface area contributed by atoms with Crippen molar-refractivity contribution in [2.45, 2.75) is 0 Å². The van der Waals surface area contributed by atoms with Gasteiger partial charge >= 0.3 is 0 Å². The third-order valence-corrected chi connectivity index (χ3v) is 6.38. The number of carbonyl (C=O) groups is 2. The molecule has 2 amide bonds. The molecule has 29 heavy (non-hydrogen) atoms. The van der Waals surface area contributed by atoms with Gasteiger partial charge in [-0.1, -0.05) is 42.2 Å². The number of hydrogen-bond donors (Lipinski definition) is 1. The smallest absolute Gasteiger partial charge is 0.266 e. The maximum Gasteiger partial charge on any atom is 0.266 e. The molecule has 2 aliphatic rings. The quantitative estimate of drug-likeness (QED) is 0.507. The zero-order valence-corrected chi connectivity index (χ0v) is 18.2. The van der Waals surface area contributed by atoms with Crippen LogP contribution in [0.4, 0.5) is 0 Å². The highest BCUT2D eigenvalue weighted by Crippen LogP contribution is 2.36. The Hall–Kier alpha value is -2.36.